The number of H-pyrrole nitrogens is 1. The van der Waals surface area contributed by atoms with Gasteiger partial charge >= 0.3 is 0 Å². The molecule has 0 radical (unpaired) electrons. The van der Waals surface area contributed by atoms with Crippen LogP contribution in [0.1, 0.15) is 10.5 Å². The summed E-state index contributed by atoms with van der Waals surface area (Å²) in [5.74, 6) is 1.37. The zero-order valence-electron chi connectivity index (χ0n) is 9.47. The lowest BCUT2D eigenvalue weighted by Crippen LogP contribution is -2.02. The topological polar surface area (TPSA) is 42.1 Å². The number of carbonyl (C=O) groups is 1. The maximum atomic E-state index is 11.7. The summed E-state index contributed by atoms with van der Waals surface area (Å²) in [6.07, 6.45) is 1.76. The highest BCUT2D eigenvalue weighted by Crippen LogP contribution is 2.21. The van der Waals surface area contributed by atoms with Crippen LogP contribution in [0.4, 0.5) is 0 Å². The monoisotopic (exact) mass is 247 g/mol. The van der Waals surface area contributed by atoms with Crippen molar-refractivity contribution in [1.29, 1.82) is 0 Å². The van der Waals surface area contributed by atoms with E-state index in [1.807, 2.05) is 30.3 Å². The number of methoxy groups -OCH3 is 1. The van der Waals surface area contributed by atoms with Crippen LogP contribution in [0.15, 0.2) is 47.5 Å². The second kappa shape index (κ2) is 5.59. The lowest BCUT2D eigenvalue weighted by molar-refractivity contribution is 0.101. The average Bonchev–Trinajstić information content (AvgIpc) is 2.90. The number of ketones is 1. The molecule has 0 atom stereocenters. The Morgan fingerprint density at radius 2 is 2.06 bits per heavy atom. The quantitative estimate of drug-likeness (QED) is 0.652. The molecular formula is C13H13NO2S. The van der Waals surface area contributed by atoms with Gasteiger partial charge in [-0.1, -0.05) is 0 Å². The number of hydrogen-bond acceptors (Lipinski definition) is 3. The standard InChI is InChI=1S/C13H13NO2S/c1-16-10-4-6-11(7-5-10)17-9-13(15)12-3-2-8-14-12/h2-8,14H,9H2,1H3. The minimum absolute atomic E-state index is 0.107. The highest BCUT2D eigenvalue weighted by Gasteiger charge is 2.06. The maximum Gasteiger partial charge on any atom is 0.189 e. The zero-order chi connectivity index (χ0) is 12.1. The Labute approximate surface area is 104 Å². The number of hydrogen-bond donors (Lipinski definition) is 1. The molecule has 17 heavy (non-hydrogen) atoms. The Kier molecular flexibility index (Phi) is 3.88. The number of rotatable bonds is 5. The third-order valence-corrected chi connectivity index (χ3v) is 3.34. The van der Waals surface area contributed by atoms with Crippen molar-refractivity contribution >= 4 is 17.5 Å². The summed E-state index contributed by atoms with van der Waals surface area (Å²) < 4.78 is 5.07. The highest BCUT2D eigenvalue weighted by atomic mass is 32.2. The normalized spacial score (nSPS) is 10.2. The zero-order valence-corrected chi connectivity index (χ0v) is 10.3. The summed E-state index contributed by atoms with van der Waals surface area (Å²) >= 11 is 1.52. The van der Waals surface area contributed by atoms with E-state index in [0.717, 1.165) is 10.6 Å². The van der Waals surface area contributed by atoms with E-state index in [1.165, 1.54) is 11.8 Å². The van der Waals surface area contributed by atoms with Crippen LogP contribution in [0.3, 0.4) is 0 Å². The van der Waals surface area contributed by atoms with Gasteiger partial charge in [0.1, 0.15) is 5.75 Å². The molecule has 0 fully saturated rings. The van der Waals surface area contributed by atoms with E-state index in [4.69, 9.17) is 4.74 Å². The first kappa shape index (κ1) is 11.8. The predicted octanol–water partition coefficient (Wildman–Crippen LogP) is 3.00. The second-order valence-corrected chi connectivity index (χ2v) is 4.52. The van der Waals surface area contributed by atoms with Crippen molar-refractivity contribution < 1.29 is 9.53 Å². The average molecular weight is 247 g/mol. The van der Waals surface area contributed by atoms with Crippen molar-refractivity contribution in [1.82, 2.24) is 4.98 Å². The third-order valence-electron chi connectivity index (χ3n) is 2.33. The largest absolute Gasteiger partial charge is 0.497 e. The number of ether oxygens (including phenoxy) is 1. The van der Waals surface area contributed by atoms with Gasteiger partial charge in [0.05, 0.1) is 18.6 Å². The van der Waals surface area contributed by atoms with Gasteiger partial charge in [-0.3, -0.25) is 4.79 Å². The Morgan fingerprint density at radius 1 is 1.29 bits per heavy atom. The summed E-state index contributed by atoms with van der Waals surface area (Å²) in [5, 5.41) is 0. The van der Waals surface area contributed by atoms with Gasteiger partial charge < -0.3 is 9.72 Å². The van der Waals surface area contributed by atoms with Crippen LogP contribution in [0.2, 0.25) is 0 Å². The second-order valence-electron chi connectivity index (χ2n) is 3.47. The summed E-state index contributed by atoms with van der Waals surface area (Å²) in [7, 11) is 1.64. The summed E-state index contributed by atoms with van der Waals surface area (Å²) in [5.41, 5.74) is 0.658. The van der Waals surface area contributed by atoms with Crippen LogP contribution in [-0.2, 0) is 0 Å². The molecule has 0 spiro atoms. The first-order chi connectivity index (χ1) is 8.29. The van der Waals surface area contributed by atoms with Gasteiger partial charge in [0.25, 0.3) is 0 Å². The Hall–Kier alpha value is -1.68. The minimum atomic E-state index is 0.107. The molecule has 2 rings (SSSR count). The fourth-order valence-electron chi connectivity index (χ4n) is 1.40. The Bertz CT molecular complexity index is 477. The van der Waals surface area contributed by atoms with E-state index in [0.29, 0.717) is 11.4 Å². The maximum absolute atomic E-state index is 11.7. The number of Topliss-reactive ketones (excluding diaryl/α,β-unsaturated/α-hetero) is 1. The molecule has 0 aliphatic heterocycles. The third kappa shape index (κ3) is 3.14. The molecule has 88 valence electrons. The van der Waals surface area contributed by atoms with Gasteiger partial charge in [0.2, 0.25) is 0 Å². The molecule has 1 N–H and O–H groups in total. The van der Waals surface area contributed by atoms with Crippen LogP contribution in [0, 0.1) is 0 Å². The fraction of sp³-hybridized carbons (Fsp3) is 0.154. The number of benzene rings is 1. The van der Waals surface area contributed by atoms with Crippen LogP contribution >= 0.6 is 11.8 Å². The number of carbonyl (C=O) groups excluding carboxylic acids is 1. The van der Waals surface area contributed by atoms with Gasteiger partial charge in [-0.05, 0) is 36.4 Å². The molecule has 0 aliphatic carbocycles. The van der Waals surface area contributed by atoms with Crippen LogP contribution in [-0.4, -0.2) is 23.6 Å². The smallest absolute Gasteiger partial charge is 0.189 e. The van der Waals surface area contributed by atoms with Crippen molar-refractivity contribution in [2.24, 2.45) is 0 Å². The Balaban J connectivity index is 1.91. The molecule has 0 bridgehead atoms. The molecule has 1 aromatic heterocycles. The van der Waals surface area contributed by atoms with Crippen molar-refractivity contribution in [2.45, 2.75) is 4.90 Å². The molecular weight excluding hydrogens is 234 g/mol. The first-order valence-corrected chi connectivity index (χ1v) is 6.21. The van der Waals surface area contributed by atoms with Crippen LogP contribution in [0.25, 0.3) is 0 Å². The minimum Gasteiger partial charge on any atom is -0.497 e. The van der Waals surface area contributed by atoms with Gasteiger partial charge in [-0.25, -0.2) is 0 Å². The van der Waals surface area contributed by atoms with Crippen molar-refractivity contribution in [2.75, 3.05) is 12.9 Å². The van der Waals surface area contributed by atoms with Crippen molar-refractivity contribution in [3.8, 4) is 5.75 Å². The molecule has 3 nitrogen and oxygen atoms in total. The highest BCUT2D eigenvalue weighted by molar-refractivity contribution is 8.00. The molecule has 0 aliphatic rings. The molecule has 1 heterocycles. The summed E-state index contributed by atoms with van der Waals surface area (Å²) in [6.45, 7) is 0. The van der Waals surface area contributed by atoms with E-state index in [1.54, 1.807) is 19.4 Å². The number of aromatic amines is 1. The van der Waals surface area contributed by atoms with Gasteiger partial charge in [-0.15, -0.1) is 11.8 Å². The molecule has 4 heteroatoms. The van der Waals surface area contributed by atoms with Crippen LogP contribution < -0.4 is 4.74 Å². The van der Waals surface area contributed by atoms with Gasteiger partial charge in [-0.2, -0.15) is 0 Å². The lowest BCUT2D eigenvalue weighted by atomic mass is 10.3. The van der Waals surface area contributed by atoms with E-state index >= 15 is 0 Å². The molecule has 0 amide bonds. The molecule has 2 aromatic rings. The van der Waals surface area contributed by atoms with Crippen LogP contribution in [0.5, 0.6) is 5.75 Å². The first-order valence-electron chi connectivity index (χ1n) is 5.23. The SMILES string of the molecule is COc1ccc(SCC(=O)c2ccc[nH]2)cc1. The van der Waals surface area contributed by atoms with E-state index in [9.17, 15) is 4.79 Å². The van der Waals surface area contributed by atoms with E-state index in [-0.39, 0.29) is 5.78 Å². The number of aromatic nitrogens is 1. The number of nitrogens with one attached hydrogen (secondary N) is 1. The van der Waals surface area contributed by atoms with Gasteiger partial charge in [0.15, 0.2) is 5.78 Å². The lowest BCUT2D eigenvalue weighted by Gasteiger charge is -2.02. The van der Waals surface area contributed by atoms with Crippen molar-refractivity contribution in [3.63, 3.8) is 0 Å². The molecule has 0 saturated heterocycles. The van der Waals surface area contributed by atoms with E-state index in [2.05, 4.69) is 4.98 Å². The molecule has 0 saturated carbocycles. The molecule has 0 unspecified atom stereocenters. The Morgan fingerprint density at radius 3 is 2.65 bits per heavy atom. The number of thioether (sulfide) groups is 1. The molecule has 1 aromatic carbocycles. The fourth-order valence-corrected chi connectivity index (χ4v) is 2.18. The predicted molar refractivity (Wildman–Crippen MR) is 68.8 cm³/mol. The summed E-state index contributed by atoms with van der Waals surface area (Å²) in [4.78, 5) is 15.7. The summed E-state index contributed by atoms with van der Waals surface area (Å²) in [6, 6.07) is 11.3. The van der Waals surface area contributed by atoms with Crippen molar-refractivity contribution in [3.05, 3.63) is 48.3 Å². The van der Waals surface area contributed by atoms with E-state index < -0.39 is 0 Å². The van der Waals surface area contributed by atoms with Gasteiger partial charge in [0, 0.05) is 11.1 Å².